The van der Waals surface area contributed by atoms with Gasteiger partial charge >= 0.3 is 0 Å². The van der Waals surface area contributed by atoms with Crippen LogP contribution < -0.4 is 4.90 Å². The van der Waals surface area contributed by atoms with Crippen molar-refractivity contribution in [2.45, 2.75) is 6.42 Å². The molecule has 0 bridgehead atoms. The molecule has 0 aliphatic carbocycles. The second kappa shape index (κ2) is 3.69. The highest BCUT2D eigenvalue weighted by Crippen LogP contribution is 2.24. The summed E-state index contributed by atoms with van der Waals surface area (Å²) in [5, 5.41) is 0. The highest BCUT2D eigenvalue weighted by molar-refractivity contribution is 9.10. The Morgan fingerprint density at radius 2 is 2.21 bits per heavy atom. The zero-order valence-corrected chi connectivity index (χ0v) is 9.05. The van der Waals surface area contributed by atoms with E-state index in [0.29, 0.717) is 17.4 Å². The molecule has 2 rings (SSSR count). The maximum atomic E-state index is 12.9. The second-order valence-corrected chi connectivity index (χ2v) is 4.16. The van der Waals surface area contributed by atoms with Gasteiger partial charge in [-0.25, -0.2) is 4.39 Å². The molecule has 1 aromatic carbocycles. The second-order valence-electron chi connectivity index (χ2n) is 3.31. The highest BCUT2D eigenvalue weighted by Gasteiger charge is 2.19. The lowest BCUT2D eigenvalue weighted by Gasteiger charge is -2.16. The van der Waals surface area contributed by atoms with Crippen LogP contribution in [0.3, 0.4) is 0 Å². The predicted octanol–water partition coefficient (Wildman–Crippen LogP) is 2.37. The number of rotatable bonds is 1. The number of hydrogen-bond acceptors (Lipinski definition) is 2. The lowest BCUT2D eigenvalue weighted by molar-refractivity contribution is -0.116. The molecule has 0 unspecified atom stereocenters. The van der Waals surface area contributed by atoms with Gasteiger partial charge in [0, 0.05) is 18.7 Å². The van der Waals surface area contributed by atoms with Crippen molar-refractivity contribution >= 4 is 27.4 Å². The molecule has 0 aromatic heterocycles. The minimum absolute atomic E-state index is 0.241. The summed E-state index contributed by atoms with van der Waals surface area (Å²) in [6.45, 7) is 1.18. The smallest absolute Gasteiger partial charge is 0.153 e. The first-order valence-corrected chi connectivity index (χ1v) is 5.18. The normalized spacial score (nSPS) is 16.4. The van der Waals surface area contributed by atoms with Gasteiger partial charge in [0.1, 0.15) is 5.82 Å². The Hall–Kier alpha value is -0.900. The van der Waals surface area contributed by atoms with Gasteiger partial charge in [0.2, 0.25) is 0 Å². The molecule has 1 saturated heterocycles. The summed E-state index contributed by atoms with van der Waals surface area (Å²) in [6, 6.07) is 4.80. The molecule has 1 heterocycles. The average molecular weight is 258 g/mol. The molecule has 4 heteroatoms. The first kappa shape index (κ1) is 9.65. The number of ketones is 1. The van der Waals surface area contributed by atoms with E-state index >= 15 is 0 Å². The van der Waals surface area contributed by atoms with Gasteiger partial charge in [-0.05, 0) is 34.1 Å². The number of benzene rings is 1. The molecule has 0 spiro atoms. The quantitative estimate of drug-likeness (QED) is 0.770. The van der Waals surface area contributed by atoms with Crippen LogP contribution in [0.5, 0.6) is 0 Å². The predicted molar refractivity (Wildman–Crippen MR) is 55.9 cm³/mol. The standard InChI is InChI=1S/C10H9BrFNO/c11-9-5-7(1-2-10(9)12)13-4-3-8(14)6-13/h1-2,5H,3-4,6H2. The van der Waals surface area contributed by atoms with Crippen molar-refractivity contribution in [2.75, 3.05) is 18.0 Å². The van der Waals surface area contributed by atoms with Gasteiger partial charge in [-0.3, -0.25) is 4.79 Å². The Balaban J connectivity index is 2.24. The van der Waals surface area contributed by atoms with Gasteiger partial charge in [-0.15, -0.1) is 0 Å². The number of nitrogens with zero attached hydrogens (tertiary/aromatic N) is 1. The minimum Gasteiger partial charge on any atom is -0.364 e. The molecule has 74 valence electrons. The van der Waals surface area contributed by atoms with Gasteiger partial charge in [-0.1, -0.05) is 0 Å². The van der Waals surface area contributed by atoms with Crippen LogP contribution in [0, 0.1) is 5.82 Å². The van der Waals surface area contributed by atoms with Crippen molar-refractivity contribution in [1.29, 1.82) is 0 Å². The lowest BCUT2D eigenvalue weighted by atomic mass is 10.3. The molecule has 1 aliphatic heterocycles. The maximum absolute atomic E-state index is 12.9. The Bertz CT molecular complexity index is 380. The van der Waals surface area contributed by atoms with Crippen molar-refractivity contribution in [3.8, 4) is 0 Å². The average Bonchev–Trinajstić information content (AvgIpc) is 2.57. The van der Waals surface area contributed by atoms with Crippen LogP contribution in [0.2, 0.25) is 0 Å². The van der Waals surface area contributed by atoms with Crippen LogP contribution in [0.4, 0.5) is 10.1 Å². The molecule has 1 fully saturated rings. The van der Waals surface area contributed by atoms with Crippen LogP contribution in [0.1, 0.15) is 6.42 Å². The Kier molecular flexibility index (Phi) is 2.54. The van der Waals surface area contributed by atoms with Crippen LogP contribution in [-0.2, 0) is 4.79 Å². The van der Waals surface area contributed by atoms with E-state index in [4.69, 9.17) is 0 Å². The van der Waals surface area contributed by atoms with Gasteiger partial charge in [0.15, 0.2) is 5.78 Å². The van der Waals surface area contributed by atoms with Crippen molar-refractivity contribution in [3.63, 3.8) is 0 Å². The summed E-state index contributed by atoms with van der Waals surface area (Å²) in [7, 11) is 0. The van der Waals surface area contributed by atoms with Gasteiger partial charge in [0.25, 0.3) is 0 Å². The van der Waals surface area contributed by atoms with Crippen molar-refractivity contribution in [3.05, 3.63) is 28.5 Å². The lowest BCUT2D eigenvalue weighted by Crippen LogP contribution is -2.19. The molecule has 14 heavy (non-hydrogen) atoms. The zero-order chi connectivity index (χ0) is 10.1. The van der Waals surface area contributed by atoms with E-state index in [1.54, 1.807) is 12.1 Å². The summed E-state index contributed by atoms with van der Waals surface area (Å²) in [5.41, 5.74) is 0.893. The topological polar surface area (TPSA) is 20.3 Å². The fourth-order valence-electron chi connectivity index (χ4n) is 1.53. The molecule has 0 radical (unpaired) electrons. The molecule has 2 nitrogen and oxygen atoms in total. The third-order valence-corrected chi connectivity index (χ3v) is 2.90. The number of carbonyl (C=O) groups is 1. The third kappa shape index (κ3) is 1.80. The molecule has 0 amide bonds. The van der Waals surface area contributed by atoms with E-state index in [9.17, 15) is 9.18 Å². The van der Waals surface area contributed by atoms with E-state index < -0.39 is 0 Å². The number of anilines is 1. The van der Waals surface area contributed by atoms with Crippen molar-refractivity contribution < 1.29 is 9.18 Å². The summed E-state index contributed by atoms with van der Waals surface area (Å²) in [6.07, 6.45) is 0.592. The van der Waals surface area contributed by atoms with E-state index in [1.807, 2.05) is 4.90 Å². The molecule has 0 atom stereocenters. The zero-order valence-electron chi connectivity index (χ0n) is 7.46. The number of carbonyl (C=O) groups excluding carboxylic acids is 1. The molecular formula is C10H9BrFNO. The van der Waals surface area contributed by atoms with Crippen LogP contribution >= 0.6 is 15.9 Å². The molecule has 0 N–H and O–H groups in total. The Labute approximate surface area is 89.8 Å². The van der Waals surface area contributed by atoms with E-state index in [1.165, 1.54) is 6.07 Å². The van der Waals surface area contributed by atoms with E-state index in [2.05, 4.69) is 15.9 Å². The monoisotopic (exact) mass is 257 g/mol. The summed E-state index contributed by atoms with van der Waals surface area (Å²) >= 11 is 3.12. The van der Waals surface area contributed by atoms with E-state index in [0.717, 1.165) is 12.2 Å². The van der Waals surface area contributed by atoms with Crippen molar-refractivity contribution in [2.24, 2.45) is 0 Å². The largest absolute Gasteiger partial charge is 0.364 e. The molecule has 0 saturated carbocycles. The molecular weight excluding hydrogens is 249 g/mol. The SMILES string of the molecule is O=C1CCN(c2ccc(F)c(Br)c2)C1. The summed E-state index contributed by atoms with van der Waals surface area (Å²) < 4.78 is 13.4. The van der Waals surface area contributed by atoms with E-state index in [-0.39, 0.29) is 11.6 Å². The van der Waals surface area contributed by atoms with Gasteiger partial charge < -0.3 is 4.90 Å². The number of Topliss-reactive ketones (excluding diaryl/α,β-unsaturated/α-hetero) is 1. The van der Waals surface area contributed by atoms with Crippen molar-refractivity contribution in [1.82, 2.24) is 0 Å². The highest BCUT2D eigenvalue weighted by atomic mass is 79.9. The number of hydrogen-bond donors (Lipinski definition) is 0. The summed E-state index contributed by atoms with van der Waals surface area (Å²) in [5.74, 6) is -0.0373. The van der Waals surface area contributed by atoms with Gasteiger partial charge in [-0.2, -0.15) is 0 Å². The number of halogens is 2. The minimum atomic E-state index is -0.278. The van der Waals surface area contributed by atoms with Crippen LogP contribution in [0.15, 0.2) is 22.7 Å². The first-order valence-electron chi connectivity index (χ1n) is 4.38. The van der Waals surface area contributed by atoms with Crippen LogP contribution in [-0.4, -0.2) is 18.9 Å². The Morgan fingerprint density at radius 3 is 2.79 bits per heavy atom. The molecule has 1 aliphatic rings. The van der Waals surface area contributed by atoms with Crippen LogP contribution in [0.25, 0.3) is 0 Å². The first-order chi connectivity index (χ1) is 6.66. The fourth-order valence-corrected chi connectivity index (χ4v) is 1.90. The Morgan fingerprint density at radius 1 is 1.43 bits per heavy atom. The molecule has 1 aromatic rings. The summed E-state index contributed by atoms with van der Waals surface area (Å²) in [4.78, 5) is 13.0. The maximum Gasteiger partial charge on any atom is 0.153 e. The fraction of sp³-hybridized carbons (Fsp3) is 0.300. The third-order valence-electron chi connectivity index (χ3n) is 2.30. The van der Waals surface area contributed by atoms with Gasteiger partial charge in [0.05, 0.1) is 11.0 Å².